The van der Waals surface area contributed by atoms with E-state index in [0.717, 1.165) is 11.3 Å². The third-order valence-corrected chi connectivity index (χ3v) is 13.5. The maximum atomic E-state index is 14.1. The maximum Gasteiger partial charge on any atom is 0.329 e. The number of aliphatic hydroxyl groups excluding tert-OH is 2. The number of aldehydes is 1. The maximum absolute atomic E-state index is 14.1. The Kier molecular flexibility index (Phi) is 22.6. The third kappa shape index (κ3) is 16.0. The first-order valence-corrected chi connectivity index (χ1v) is 23.3. The van der Waals surface area contributed by atoms with E-state index in [1.165, 1.54) is 7.11 Å². The predicted octanol–water partition coefficient (Wildman–Crippen LogP) is 5.98. The number of hydrogen-bond acceptors (Lipinski definition) is 13. The molecular formula is C50H77NO13. The number of ketones is 3. The lowest BCUT2D eigenvalue weighted by Crippen LogP contribution is -2.61. The van der Waals surface area contributed by atoms with Crippen LogP contribution >= 0.6 is 0 Å². The second-order valence-corrected chi connectivity index (χ2v) is 18.9. The molecule has 1 amide bonds. The number of allylic oxidation sites excluding steroid dienone is 7. The van der Waals surface area contributed by atoms with Gasteiger partial charge in [0.2, 0.25) is 5.79 Å². The monoisotopic (exact) mass is 900 g/mol. The van der Waals surface area contributed by atoms with E-state index in [-0.39, 0.29) is 73.8 Å². The zero-order valence-corrected chi connectivity index (χ0v) is 39.7. The Bertz CT molecular complexity index is 1700. The van der Waals surface area contributed by atoms with Crippen molar-refractivity contribution in [1.82, 2.24) is 4.90 Å². The summed E-state index contributed by atoms with van der Waals surface area (Å²) < 4.78 is 22.6. The number of rotatable bonds is 24. The van der Waals surface area contributed by atoms with E-state index in [1.807, 2.05) is 39.0 Å². The van der Waals surface area contributed by atoms with E-state index in [0.29, 0.717) is 68.8 Å². The Morgan fingerprint density at radius 1 is 0.922 bits per heavy atom. The van der Waals surface area contributed by atoms with Crippen molar-refractivity contribution >= 4 is 35.5 Å². The van der Waals surface area contributed by atoms with Gasteiger partial charge in [-0.3, -0.25) is 24.0 Å². The van der Waals surface area contributed by atoms with Crippen LogP contribution in [0.25, 0.3) is 0 Å². The number of hydrogen-bond donors (Lipinski definition) is 3. The van der Waals surface area contributed by atoms with Crippen LogP contribution in [0.4, 0.5) is 0 Å². The van der Waals surface area contributed by atoms with Crippen molar-refractivity contribution in [2.75, 3.05) is 27.4 Å². The van der Waals surface area contributed by atoms with Crippen molar-refractivity contribution in [1.29, 1.82) is 0 Å². The fraction of sp³-hybridized carbons (Fsp3) is 0.720. The first-order chi connectivity index (χ1) is 30.2. The van der Waals surface area contributed by atoms with Crippen molar-refractivity contribution in [2.24, 2.45) is 35.5 Å². The van der Waals surface area contributed by atoms with Crippen LogP contribution < -0.4 is 0 Å². The highest BCUT2D eigenvalue weighted by atomic mass is 16.6. The number of ether oxygens (including phenoxy) is 4. The molecule has 2 aliphatic heterocycles. The molecule has 14 heteroatoms. The lowest BCUT2D eigenvalue weighted by molar-refractivity contribution is -0.265. The highest BCUT2D eigenvalue weighted by molar-refractivity contribution is 6.39. The molecule has 2 saturated heterocycles. The number of amides is 1. The topological polar surface area (TPSA) is 203 Å². The first-order valence-electron chi connectivity index (χ1n) is 23.3. The van der Waals surface area contributed by atoms with Crippen molar-refractivity contribution in [3.63, 3.8) is 0 Å². The molecule has 0 aromatic heterocycles. The largest absolute Gasteiger partial charge is 0.460 e. The highest BCUT2D eigenvalue weighted by Gasteiger charge is 2.53. The molecular weight excluding hydrogens is 823 g/mol. The van der Waals surface area contributed by atoms with Crippen LogP contribution in [0, 0.1) is 35.5 Å². The number of methoxy groups -OCH3 is 2. The standard InChI is InChI=1S/C50H77NO13/c1-31(23-35(5)44(56)30-61-8)15-11-10-12-16-33(3)42(54)27-39-20-18-37(7)50(60,64-39)47(57)48(58)51-22-14-13-17-40(51)49(59)63-45(28-43(55)34(4)24-32(2)29-52)36(6)25-38-19-21-41(53)46(26-38)62-9/h10-12,15-16,24,29,31,34-42,45-46,53-54,60H,13-14,17-23,25-28,30H2,1-9H3/b12-10+,15-11+,32-24+,33-16+/t31-,34-,35-,36-,37-,38+,39+,40+,41-,42+,45+,46-,50-/m1/s1. The van der Waals surface area contributed by atoms with Crippen molar-refractivity contribution in [3.8, 4) is 0 Å². The van der Waals surface area contributed by atoms with Gasteiger partial charge in [-0.25, -0.2) is 4.79 Å². The first kappa shape index (κ1) is 54.7. The number of carbonyl (C=O) groups is 6. The van der Waals surface area contributed by atoms with Gasteiger partial charge in [0.15, 0.2) is 5.78 Å². The van der Waals surface area contributed by atoms with E-state index in [2.05, 4.69) is 0 Å². The Morgan fingerprint density at radius 3 is 2.31 bits per heavy atom. The summed E-state index contributed by atoms with van der Waals surface area (Å²) >= 11 is 0. The van der Waals surface area contributed by atoms with Gasteiger partial charge in [0.25, 0.3) is 11.7 Å². The molecule has 360 valence electrons. The van der Waals surface area contributed by atoms with Crippen LogP contribution in [0.2, 0.25) is 0 Å². The van der Waals surface area contributed by atoms with Gasteiger partial charge in [0, 0.05) is 51.4 Å². The molecule has 13 atom stereocenters. The molecule has 14 nitrogen and oxygen atoms in total. The van der Waals surface area contributed by atoms with Gasteiger partial charge in [-0.15, -0.1) is 0 Å². The highest BCUT2D eigenvalue weighted by Crippen LogP contribution is 2.37. The molecule has 0 aromatic carbocycles. The molecule has 3 fully saturated rings. The van der Waals surface area contributed by atoms with E-state index in [1.54, 1.807) is 53.0 Å². The zero-order chi connectivity index (χ0) is 47.7. The number of likely N-dealkylation sites (tertiary alicyclic amines) is 1. The minimum absolute atomic E-state index is 0.0642. The van der Waals surface area contributed by atoms with Crippen molar-refractivity contribution < 1.29 is 63.0 Å². The fourth-order valence-electron chi connectivity index (χ4n) is 9.17. The SMILES string of the molecule is COCC(=O)[C@H](C)C[C@H](C)/C=C/C=C/C=C(\C)[C@@H](O)C[C@@H]1CC[C@@H](C)[C@](O)(C(=O)C(=O)N2CCCC[C@H]2C(=O)O[C@@H](CC(=O)[C@H](C)/C=C(\C)C=O)[C@H](C)C[C@@H]2CC[C@@H](O)[C@H](OC)C2)O1. The van der Waals surface area contributed by atoms with Gasteiger partial charge in [-0.2, -0.15) is 0 Å². The van der Waals surface area contributed by atoms with Crippen LogP contribution in [0.15, 0.2) is 47.6 Å². The van der Waals surface area contributed by atoms with Crippen LogP contribution in [0.3, 0.4) is 0 Å². The summed E-state index contributed by atoms with van der Waals surface area (Å²) in [6.45, 7) is 12.7. The van der Waals surface area contributed by atoms with Gasteiger partial charge in [-0.1, -0.05) is 71.1 Å². The predicted molar refractivity (Wildman–Crippen MR) is 241 cm³/mol. The second-order valence-electron chi connectivity index (χ2n) is 18.9. The number of esters is 1. The molecule has 0 aromatic rings. The van der Waals surface area contributed by atoms with E-state index < -0.39 is 65.7 Å². The Labute approximate surface area is 380 Å². The van der Waals surface area contributed by atoms with Crippen LogP contribution in [0.1, 0.15) is 126 Å². The third-order valence-electron chi connectivity index (χ3n) is 13.5. The molecule has 0 radical (unpaired) electrons. The lowest BCUT2D eigenvalue weighted by atomic mass is 9.78. The molecule has 2 heterocycles. The Balaban J connectivity index is 1.71. The minimum Gasteiger partial charge on any atom is -0.460 e. The van der Waals surface area contributed by atoms with Crippen molar-refractivity contribution in [3.05, 3.63) is 47.6 Å². The molecule has 3 rings (SSSR count). The molecule has 3 aliphatic rings. The summed E-state index contributed by atoms with van der Waals surface area (Å²) in [6.07, 6.45) is 13.3. The van der Waals surface area contributed by atoms with Crippen LogP contribution in [-0.4, -0.2) is 125 Å². The molecule has 64 heavy (non-hydrogen) atoms. The summed E-state index contributed by atoms with van der Waals surface area (Å²) in [4.78, 5) is 80.3. The number of piperidine rings is 1. The van der Waals surface area contributed by atoms with Gasteiger partial charge in [0.1, 0.15) is 30.8 Å². The average molecular weight is 900 g/mol. The zero-order valence-electron chi connectivity index (χ0n) is 39.7. The molecule has 1 aliphatic carbocycles. The van der Waals surface area contributed by atoms with E-state index in [4.69, 9.17) is 18.9 Å². The van der Waals surface area contributed by atoms with Crippen molar-refractivity contribution in [2.45, 2.75) is 168 Å². The van der Waals surface area contributed by atoms with Gasteiger partial charge >= 0.3 is 5.97 Å². The summed E-state index contributed by atoms with van der Waals surface area (Å²) in [7, 11) is 3.07. The quantitative estimate of drug-likeness (QED) is 0.0336. The number of aliphatic hydroxyl groups is 3. The van der Waals surface area contributed by atoms with E-state index >= 15 is 0 Å². The lowest BCUT2D eigenvalue weighted by Gasteiger charge is -2.42. The van der Waals surface area contributed by atoms with Gasteiger partial charge in [0.05, 0.1) is 24.4 Å². The number of carbonyl (C=O) groups excluding carboxylic acids is 6. The van der Waals surface area contributed by atoms with E-state index in [9.17, 15) is 44.1 Å². The normalized spacial score (nSPS) is 28.8. The number of nitrogens with zero attached hydrogens (tertiary/aromatic N) is 1. The fourth-order valence-corrected chi connectivity index (χ4v) is 9.17. The molecule has 1 saturated carbocycles. The van der Waals surface area contributed by atoms with Gasteiger partial charge in [-0.05, 0) is 107 Å². The number of Topliss-reactive ketones (excluding diaryl/α,β-unsaturated/α-hetero) is 3. The molecule has 0 bridgehead atoms. The summed E-state index contributed by atoms with van der Waals surface area (Å²) in [5, 5.41) is 33.3. The Hall–Kier alpha value is -3.66. The molecule has 0 spiro atoms. The smallest absolute Gasteiger partial charge is 0.329 e. The molecule has 3 N–H and O–H groups in total. The second kappa shape index (κ2) is 26.5. The molecule has 0 unspecified atom stereocenters. The summed E-state index contributed by atoms with van der Waals surface area (Å²) in [5.74, 6) is -7.12. The Morgan fingerprint density at radius 2 is 1.64 bits per heavy atom. The van der Waals surface area contributed by atoms with Gasteiger partial charge < -0.3 is 39.2 Å². The average Bonchev–Trinajstić information content (AvgIpc) is 3.26. The minimum atomic E-state index is -2.49. The van der Waals surface area contributed by atoms with Crippen LogP contribution in [0.5, 0.6) is 0 Å². The summed E-state index contributed by atoms with van der Waals surface area (Å²) in [5.41, 5.74) is 1.04. The van der Waals surface area contributed by atoms with Crippen LogP contribution in [-0.2, 0) is 47.7 Å². The summed E-state index contributed by atoms with van der Waals surface area (Å²) in [6, 6.07) is -1.14.